The van der Waals surface area contributed by atoms with Gasteiger partial charge in [-0.15, -0.1) is 0 Å². The van der Waals surface area contributed by atoms with Gasteiger partial charge in [0, 0.05) is 0 Å². The van der Waals surface area contributed by atoms with Crippen LogP contribution in [0.4, 0.5) is 51.8 Å². The number of hydrogen-bond acceptors (Lipinski definition) is 0. The first-order chi connectivity index (χ1) is 7.91. The maximum absolute atomic E-state index is 9.75. The van der Waals surface area contributed by atoms with E-state index in [-0.39, 0.29) is 60.2 Å². The summed E-state index contributed by atoms with van der Waals surface area (Å²) in [5.41, 5.74) is 0. The fraction of sp³-hybridized carbons (Fsp3) is 0.600. The van der Waals surface area contributed by atoms with Crippen molar-refractivity contribution in [3.8, 4) is 0 Å². The van der Waals surface area contributed by atoms with E-state index in [1.807, 2.05) is 26.0 Å². The molecule has 0 aromatic heterocycles. The summed E-state index contributed by atoms with van der Waals surface area (Å²) in [6.07, 6.45) is 4.00. The van der Waals surface area contributed by atoms with Crippen molar-refractivity contribution in [3.63, 3.8) is 0 Å². The minimum atomic E-state index is -6.00. The first-order valence-corrected chi connectivity index (χ1v) is 4.11. The van der Waals surface area contributed by atoms with Crippen LogP contribution in [0.15, 0.2) is 12.2 Å². The fourth-order valence-electron chi connectivity index (χ4n) is 0. The Labute approximate surface area is 158 Å². The van der Waals surface area contributed by atoms with Crippen LogP contribution in [0, 0.1) is 0 Å². The second kappa shape index (κ2) is 18.8. The van der Waals surface area contributed by atoms with E-state index in [2.05, 4.69) is 0 Å². The molecule has 0 fully saturated rings. The summed E-state index contributed by atoms with van der Waals surface area (Å²) < 4.78 is 117. The van der Waals surface area contributed by atoms with Crippen molar-refractivity contribution in [2.45, 2.75) is 21.3 Å². The molecule has 0 heterocycles. The molecule has 0 amide bonds. The third-order valence-electron chi connectivity index (χ3n) is 0.333. The standard InChI is InChI=1S/C4H8.CH4.3BF4.K.H/c1-3-4-2;;3*2-1(3,4)5;;/h3-4H,1-2H3;1H4;;;;;/q;;3*-1;+1;-1. The van der Waals surface area contributed by atoms with Gasteiger partial charge in [0.2, 0.25) is 0 Å². The van der Waals surface area contributed by atoms with Crippen LogP contribution in [-0.2, 0) is 0 Å². The van der Waals surface area contributed by atoms with Crippen molar-refractivity contribution in [3.05, 3.63) is 12.2 Å². The summed E-state index contributed by atoms with van der Waals surface area (Å²) in [4.78, 5) is 0. The molecule has 0 N–H and O–H groups in total. The summed E-state index contributed by atoms with van der Waals surface area (Å²) in [6, 6.07) is 0. The van der Waals surface area contributed by atoms with E-state index in [9.17, 15) is 51.8 Å². The topological polar surface area (TPSA) is 0 Å². The van der Waals surface area contributed by atoms with E-state index in [4.69, 9.17) is 0 Å². The van der Waals surface area contributed by atoms with Gasteiger partial charge in [-0.05, 0) is 13.8 Å². The largest absolute Gasteiger partial charge is 1.00 e. The number of allylic oxidation sites excluding steroid dienone is 2. The molecule has 0 radical (unpaired) electrons. The Bertz CT molecular complexity index is 164. The summed E-state index contributed by atoms with van der Waals surface area (Å²) in [6.45, 7) is 4.00. The van der Waals surface area contributed by atoms with E-state index in [1.165, 1.54) is 0 Å². The molecule has 0 aromatic rings. The molecule has 0 rings (SSSR count). The molecule has 0 aromatic carbocycles. The quantitative estimate of drug-likeness (QED) is 0.348. The van der Waals surface area contributed by atoms with Crippen LogP contribution < -0.4 is 51.4 Å². The third-order valence-corrected chi connectivity index (χ3v) is 0.333. The van der Waals surface area contributed by atoms with Gasteiger partial charge in [0.05, 0.1) is 0 Å². The summed E-state index contributed by atoms with van der Waals surface area (Å²) in [7, 11) is -18.0. The Hall–Kier alpha value is 0.731. The van der Waals surface area contributed by atoms with Crippen LogP contribution in [-0.4, -0.2) is 21.8 Å². The molecule has 0 aliphatic carbocycles. The smallest absolute Gasteiger partial charge is 1.00 e. The number of hydrogen-bond donors (Lipinski definition) is 0. The van der Waals surface area contributed by atoms with E-state index in [0.29, 0.717) is 0 Å². The SMILES string of the molecule is C.CC=CC.F[B-](F)(F)F.F[B-](F)(F)F.F[B-](F)(F)F.[H-].[K+]. The van der Waals surface area contributed by atoms with Crippen molar-refractivity contribution in [2.24, 2.45) is 0 Å². The first-order valence-electron chi connectivity index (χ1n) is 4.11. The zero-order chi connectivity index (χ0) is 16.9. The molecule has 0 aliphatic heterocycles. The predicted molar refractivity (Wildman–Crippen MR) is 58.9 cm³/mol. The maximum Gasteiger partial charge on any atom is 1.00 e. The average Bonchev–Trinajstić information content (AvgIpc) is 1.93. The van der Waals surface area contributed by atoms with Gasteiger partial charge in [-0.3, -0.25) is 0 Å². The molecule has 0 saturated heterocycles. The zero-order valence-electron chi connectivity index (χ0n) is 11.4. The van der Waals surface area contributed by atoms with Crippen LogP contribution in [0.3, 0.4) is 0 Å². The first kappa shape index (κ1) is 37.7. The Morgan fingerprint density at radius 1 is 0.524 bits per heavy atom. The Morgan fingerprint density at radius 2 is 0.571 bits per heavy atom. The Kier molecular flexibility index (Phi) is 33.7. The van der Waals surface area contributed by atoms with Crippen LogP contribution in [0.5, 0.6) is 0 Å². The minimum absolute atomic E-state index is 0. The summed E-state index contributed by atoms with van der Waals surface area (Å²) in [5, 5.41) is 0. The van der Waals surface area contributed by atoms with E-state index in [1.54, 1.807) is 0 Å². The van der Waals surface area contributed by atoms with E-state index < -0.39 is 21.8 Å². The van der Waals surface area contributed by atoms with Crippen molar-refractivity contribution >= 4 is 21.8 Å². The average molecular weight is 373 g/mol. The summed E-state index contributed by atoms with van der Waals surface area (Å²) >= 11 is 0. The normalized spacial score (nSPS) is 10.4. The van der Waals surface area contributed by atoms with Crippen molar-refractivity contribution in [1.82, 2.24) is 0 Å². The Balaban J connectivity index is -0.0000000262. The van der Waals surface area contributed by atoms with Gasteiger partial charge in [-0.2, -0.15) is 0 Å². The van der Waals surface area contributed by atoms with Gasteiger partial charge in [-0.25, -0.2) is 0 Å². The number of rotatable bonds is 0. The third kappa shape index (κ3) is 2430. The molecule has 0 spiro atoms. The van der Waals surface area contributed by atoms with E-state index in [0.717, 1.165) is 0 Å². The molecule has 21 heavy (non-hydrogen) atoms. The molecule has 0 saturated carbocycles. The molecule has 0 aliphatic rings. The number of halogens is 12. The Morgan fingerprint density at radius 3 is 0.571 bits per heavy atom. The predicted octanol–water partition coefficient (Wildman–Crippen LogP) is 3.24. The van der Waals surface area contributed by atoms with Crippen LogP contribution >= 0.6 is 0 Å². The summed E-state index contributed by atoms with van der Waals surface area (Å²) in [5.74, 6) is 0. The van der Waals surface area contributed by atoms with Gasteiger partial charge >= 0.3 is 73.1 Å². The molecule has 0 bridgehead atoms. The van der Waals surface area contributed by atoms with Crippen molar-refractivity contribution < 1.29 is 105 Å². The van der Waals surface area contributed by atoms with Gasteiger partial charge in [0.1, 0.15) is 0 Å². The second-order valence-electron chi connectivity index (χ2n) is 2.15. The molecule has 0 unspecified atom stereocenters. The molecule has 130 valence electrons. The van der Waals surface area contributed by atoms with E-state index >= 15 is 0 Å². The second-order valence-corrected chi connectivity index (χ2v) is 2.15. The molecule has 0 nitrogen and oxygen atoms in total. The van der Waals surface area contributed by atoms with Gasteiger partial charge in [-0.1, -0.05) is 19.6 Å². The zero-order valence-corrected chi connectivity index (χ0v) is 13.5. The fourth-order valence-corrected chi connectivity index (χ4v) is 0. The van der Waals surface area contributed by atoms with Crippen LogP contribution in [0.1, 0.15) is 22.7 Å². The molecular formula is C5H13B3F12K-3. The monoisotopic (exact) mass is 373 g/mol. The molecular weight excluding hydrogens is 360 g/mol. The van der Waals surface area contributed by atoms with Crippen molar-refractivity contribution in [1.29, 1.82) is 0 Å². The van der Waals surface area contributed by atoms with Crippen LogP contribution in [0.2, 0.25) is 0 Å². The van der Waals surface area contributed by atoms with Gasteiger partial charge in [0.15, 0.2) is 0 Å². The van der Waals surface area contributed by atoms with Gasteiger partial charge in [0.25, 0.3) is 0 Å². The van der Waals surface area contributed by atoms with Gasteiger partial charge < -0.3 is 53.2 Å². The molecule has 0 atom stereocenters. The molecule has 16 heteroatoms. The maximum atomic E-state index is 9.75. The minimum Gasteiger partial charge on any atom is -1.00 e. The van der Waals surface area contributed by atoms with Crippen LogP contribution in [0.25, 0.3) is 0 Å². The van der Waals surface area contributed by atoms with Crippen molar-refractivity contribution in [2.75, 3.05) is 0 Å².